The molecule has 1 fully saturated rings. The molecule has 214 valence electrons. The summed E-state index contributed by atoms with van der Waals surface area (Å²) >= 11 is 0. The van der Waals surface area contributed by atoms with Crippen LogP contribution in [-0.4, -0.2) is 66.8 Å². The lowest BCUT2D eigenvalue weighted by Crippen LogP contribution is -2.41. The zero-order valence-corrected chi connectivity index (χ0v) is 23.7. The second-order valence-corrected chi connectivity index (χ2v) is 8.81. The van der Waals surface area contributed by atoms with Gasteiger partial charge in [0.1, 0.15) is 0 Å². The number of benzene rings is 2. The molecule has 0 spiro atoms. The van der Waals surface area contributed by atoms with Gasteiger partial charge < -0.3 is 25.4 Å². The predicted molar refractivity (Wildman–Crippen MR) is 156 cm³/mol. The van der Waals surface area contributed by atoms with Crippen LogP contribution in [0.1, 0.15) is 53.0 Å². The number of hydrogen-bond donors (Lipinski definition) is 3. The Balaban J connectivity index is 0.00000134. The molecule has 0 atom stereocenters. The SMILES string of the molecule is CC.CO.COC(=O)N1CCC(CNC(=O)c2cccc(CNC(=O)c3ccc(-c4ccncc4)cc3)c2)CC1. The summed E-state index contributed by atoms with van der Waals surface area (Å²) in [6.45, 7) is 6.14. The highest BCUT2D eigenvalue weighted by molar-refractivity contribution is 5.95. The maximum atomic E-state index is 12.7. The molecule has 0 unspecified atom stereocenters. The molecule has 1 saturated heterocycles. The number of pyridine rings is 1. The van der Waals surface area contributed by atoms with Crippen LogP contribution in [0.5, 0.6) is 0 Å². The van der Waals surface area contributed by atoms with Crippen molar-refractivity contribution < 1.29 is 24.2 Å². The fourth-order valence-electron chi connectivity index (χ4n) is 4.25. The number of likely N-dealkylation sites (tertiary alicyclic amines) is 1. The number of aromatic nitrogens is 1. The molecular weight excluding hydrogens is 508 g/mol. The largest absolute Gasteiger partial charge is 0.453 e. The van der Waals surface area contributed by atoms with E-state index < -0.39 is 0 Å². The minimum Gasteiger partial charge on any atom is -0.453 e. The van der Waals surface area contributed by atoms with Crippen molar-refractivity contribution in [2.45, 2.75) is 33.2 Å². The number of methoxy groups -OCH3 is 1. The monoisotopic (exact) mass is 548 g/mol. The summed E-state index contributed by atoms with van der Waals surface area (Å²) in [7, 11) is 2.38. The van der Waals surface area contributed by atoms with Crippen LogP contribution in [-0.2, 0) is 11.3 Å². The Morgan fingerprint density at radius 3 is 2.10 bits per heavy atom. The first-order valence-corrected chi connectivity index (χ1v) is 13.5. The molecule has 0 bridgehead atoms. The number of nitrogens with one attached hydrogen (secondary N) is 2. The van der Waals surface area contributed by atoms with Crippen LogP contribution in [0.15, 0.2) is 73.1 Å². The molecule has 3 aromatic rings. The van der Waals surface area contributed by atoms with Gasteiger partial charge in [-0.15, -0.1) is 0 Å². The minimum absolute atomic E-state index is 0.148. The van der Waals surface area contributed by atoms with Gasteiger partial charge in [0, 0.05) is 56.8 Å². The van der Waals surface area contributed by atoms with E-state index in [1.54, 1.807) is 41.6 Å². The lowest BCUT2D eigenvalue weighted by Gasteiger charge is -2.30. The van der Waals surface area contributed by atoms with Crippen molar-refractivity contribution >= 4 is 17.9 Å². The molecule has 0 radical (unpaired) electrons. The fraction of sp³-hybridized carbons (Fsp3) is 0.355. The second-order valence-electron chi connectivity index (χ2n) is 8.81. The topological polar surface area (TPSA) is 121 Å². The number of nitrogens with zero attached hydrogens (tertiary/aromatic N) is 2. The minimum atomic E-state index is -0.302. The van der Waals surface area contributed by atoms with Gasteiger partial charge in [-0.3, -0.25) is 14.6 Å². The van der Waals surface area contributed by atoms with E-state index in [1.807, 2.05) is 50.2 Å². The Hall–Kier alpha value is -4.24. The Morgan fingerprint density at radius 1 is 0.875 bits per heavy atom. The molecule has 9 nitrogen and oxygen atoms in total. The Morgan fingerprint density at radius 2 is 1.48 bits per heavy atom. The molecule has 9 heteroatoms. The first-order valence-electron chi connectivity index (χ1n) is 13.5. The van der Waals surface area contributed by atoms with Gasteiger partial charge in [-0.05, 0) is 71.8 Å². The van der Waals surface area contributed by atoms with Gasteiger partial charge in [0.15, 0.2) is 0 Å². The average Bonchev–Trinajstić information content (AvgIpc) is 3.05. The number of carbonyl (C=O) groups is 3. The molecule has 1 aromatic heterocycles. The van der Waals surface area contributed by atoms with Crippen molar-refractivity contribution in [3.05, 3.63) is 89.7 Å². The van der Waals surface area contributed by atoms with Gasteiger partial charge in [0.25, 0.3) is 11.8 Å². The van der Waals surface area contributed by atoms with E-state index in [2.05, 4.69) is 15.6 Å². The summed E-state index contributed by atoms with van der Waals surface area (Å²) in [5.74, 6) is -0.00280. The molecular formula is C31H40N4O5. The van der Waals surface area contributed by atoms with Crippen molar-refractivity contribution in [1.82, 2.24) is 20.5 Å². The summed E-state index contributed by atoms with van der Waals surface area (Å²) in [5, 5.41) is 12.9. The third-order valence-electron chi connectivity index (χ3n) is 6.40. The third-order valence-corrected chi connectivity index (χ3v) is 6.40. The van der Waals surface area contributed by atoms with Crippen molar-refractivity contribution in [2.24, 2.45) is 5.92 Å². The van der Waals surface area contributed by atoms with Gasteiger partial charge in [-0.2, -0.15) is 0 Å². The number of aliphatic hydroxyl groups is 1. The van der Waals surface area contributed by atoms with Gasteiger partial charge in [-0.1, -0.05) is 38.1 Å². The number of aliphatic hydroxyl groups excluding tert-OH is 1. The van der Waals surface area contributed by atoms with E-state index in [0.29, 0.717) is 43.2 Å². The van der Waals surface area contributed by atoms with E-state index in [1.165, 1.54) is 7.11 Å². The van der Waals surface area contributed by atoms with Crippen LogP contribution in [0.4, 0.5) is 4.79 Å². The molecule has 4 rings (SSSR count). The Kier molecular flexibility index (Phi) is 13.9. The maximum Gasteiger partial charge on any atom is 0.409 e. The van der Waals surface area contributed by atoms with Crippen LogP contribution in [0.3, 0.4) is 0 Å². The first kappa shape index (κ1) is 32.0. The van der Waals surface area contributed by atoms with Crippen molar-refractivity contribution in [3.63, 3.8) is 0 Å². The normalized spacial score (nSPS) is 12.6. The van der Waals surface area contributed by atoms with Gasteiger partial charge >= 0.3 is 6.09 Å². The van der Waals surface area contributed by atoms with Crippen LogP contribution in [0.2, 0.25) is 0 Å². The predicted octanol–water partition coefficient (Wildman–Crippen LogP) is 4.52. The summed E-state index contributed by atoms with van der Waals surface area (Å²) < 4.78 is 4.76. The van der Waals surface area contributed by atoms with Gasteiger partial charge in [0.2, 0.25) is 0 Å². The molecule has 3 N–H and O–H groups in total. The average molecular weight is 549 g/mol. The second kappa shape index (κ2) is 17.4. The number of carbonyl (C=O) groups excluding carboxylic acids is 3. The summed E-state index contributed by atoms with van der Waals surface area (Å²) in [6.07, 6.45) is 4.82. The van der Waals surface area contributed by atoms with E-state index in [4.69, 9.17) is 9.84 Å². The lowest BCUT2D eigenvalue weighted by molar-refractivity contribution is 0.0914. The highest BCUT2D eigenvalue weighted by atomic mass is 16.5. The first-order chi connectivity index (χ1) is 19.5. The zero-order chi connectivity index (χ0) is 29.3. The standard InChI is InChI=1S/C28H30N4O4.C2H6.CH4O/c1-36-28(35)32-15-11-20(12-16-32)18-30-27(34)25-4-2-3-21(17-25)19-31-26(33)24-7-5-22(6-8-24)23-9-13-29-14-10-23;2*1-2/h2-10,13-14,17,20H,11-12,15-16,18-19H2,1H3,(H,30,34)(H,31,33);1-2H3;2H,1H3. The van der Waals surface area contributed by atoms with E-state index in [9.17, 15) is 14.4 Å². The van der Waals surface area contributed by atoms with Crippen LogP contribution in [0, 0.1) is 5.92 Å². The number of hydrogen-bond acceptors (Lipinski definition) is 6. The highest BCUT2D eigenvalue weighted by Crippen LogP contribution is 2.19. The van der Waals surface area contributed by atoms with Crippen LogP contribution >= 0.6 is 0 Å². The van der Waals surface area contributed by atoms with Crippen LogP contribution < -0.4 is 10.6 Å². The third kappa shape index (κ3) is 9.50. The molecule has 2 heterocycles. The quantitative estimate of drug-likeness (QED) is 0.399. The van der Waals surface area contributed by atoms with Gasteiger partial charge in [0.05, 0.1) is 7.11 Å². The molecule has 3 amide bonds. The summed E-state index contributed by atoms with van der Waals surface area (Å²) in [6, 6.07) is 18.5. The Labute approximate surface area is 236 Å². The Bertz CT molecular complexity index is 1190. The number of ether oxygens (including phenoxy) is 1. The molecule has 0 saturated carbocycles. The van der Waals surface area contributed by atoms with E-state index in [-0.39, 0.29) is 17.9 Å². The van der Waals surface area contributed by atoms with Crippen molar-refractivity contribution in [3.8, 4) is 11.1 Å². The number of amides is 3. The summed E-state index contributed by atoms with van der Waals surface area (Å²) in [5.41, 5.74) is 4.02. The number of rotatable bonds is 7. The van der Waals surface area contributed by atoms with Crippen molar-refractivity contribution in [2.75, 3.05) is 33.9 Å². The maximum absolute atomic E-state index is 12.7. The molecule has 1 aliphatic rings. The highest BCUT2D eigenvalue weighted by Gasteiger charge is 2.23. The molecule has 40 heavy (non-hydrogen) atoms. The van der Waals surface area contributed by atoms with Crippen molar-refractivity contribution in [1.29, 1.82) is 0 Å². The van der Waals surface area contributed by atoms with Crippen LogP contribution in [0.25, 0.3) is 11.1 Å². The van der Waals surface area contributed by atoms with Gasteiger partial charge in [-0.25, -0.2) is 4.79 Å². The summed E-state index contributed by atoms with van der Waals surface area (Å²) in [4.78, 5) is 42.6. The van der Waals surface area contributed by atoms with E-state index >= 15 is 0 Å². The number of piperidine rings is 1. The molecule has 0 aliphatic carbocycles. The fourth-order valence-corrected chi connectivity index (χ4v) is 4.25. The van der Waals surface area contributed by atoms with E-state index in [0.717, 1.165) is 36.6 Å². The smallest absolute Gasteiger partial charge is 0.409 e. The molecule has 2 aromatic carbocycles. The molecule has 1 aliphatic heterocycles. The lowest BCUT2D eigenvalue weighted by atomic mass is 9.97. The zero-order valence-electron chi connectivity index (χ0n) is 23.7.